The van der Waals surface area contributed by atoms with Crippen LogP contribution >= 0.6 is 11.6 Å². The minimum absolute atomic E-state index is 0.0240. The third kappa shape index (κ3) is 4.11. The predicted octanol–water partition coefficient (Wildman–Crippen LogP) is 3.93. The zero-order valence-electron chi connectivity index (χ0n) is 13.5. The summed E-state index contributed by atoms with van der Waals surface area (Å²) < 4.78 is 29.3. The Morgan fingerprint density at radius 2 is 2.00 bits per heavy atom. The maximum absolute atomic E-state index is 12.5. The van der Waals surface area contributed by atoms with Gasteiger partial charge in [0.2, 0.25) is 11.8 Å². The number of carbonyl (C=O) groups is 2. The number of nitrogens with one attached hydrogen (secondary N) is 1. The highest BCUT2D eigenvalue weighted by Crippen LogP contribution is 2.30. The lowest BCUT2D eigenvalue weighted by Crippen LogP contribution is -2.28. The van der Waals surface area contributed by atoms with E-state index in [1.165, 1.54) is 23.1 Å². The fraction of sp³-hybridized carbons (Fsp3) is 0.222. The van der Waals surface area contributed by atoms with Crippen LogP contribution in [0.3, 0.4) is 0 Å². The molecule has 8 heteroatoms. The van der Waals surface area contributed by atoms with Crippen LogP contribution in [0.2, 0.25) is 5.02 Å². The summed E-state index contributed by atoms with van der Waals surface area (Å²) in [5, 5.41) is 3.05. The number of alkyl halides is 2. The first-order chi connectivity index (χ1) is 12.4. The fourth-order valence-electron chi connectivity index (χ4n) is 2.78. The van der Waals surface area contributed by atoms with Gasteiger partial charge in [0.25, 0.3) is 0 Å². The SMILES string of the molecule is O=C(Nc1ccccc1OC(F)F)C1CC(=O)N(c2cccc(Cl)c2)C1. The predicted molar refractivity (Wildman–Crippen MR) is 93.6 cm³/mol. The highest BCUT2D eigenvalue weighted by molar-refractivity contribution is 6.31. The quantitative estimate of drug-likeness (QED) is 0.855. The van der Waals surface area contributed by atoms with Crippen molar-refractivity contribution in [2.45, 2.75) is 13.0 Å². The molecule has 5 nitrogen and oxygen atoms in total. The molecule has 26 heavy (non-hydrogen) atoms. The summed E-state index contributed by atoms with van der Waals surface area (Å²) in [6, 6.07) is 12.7. The van der Waals surface area contributed by atoms with Gasteiger partial charge in [-0.25, -0.2) is 0 Å². The molecule has 0 radical (unpaired) electrons. The standard InChI is InChI=1S/C18H15ClF2N2O3/c19-12-4-3-5-13(9-12)23-10-11(8-16(23)24)17(25)22-14-6-1-2-7-15(14)26-18(20)21/h1-7,9,11,18H,8,10H2,(H,22,25). The molecular weight excluding hydrogens is 366 g/mol. The lowest BCUT2D eigenvalue weighted by atomic mass is 10.1. The van der Waals surface area contributed by atoms with Crippen molar-refractivity contribution in [3.8, 4) is 5.75 Å². The van der Waals surface area contributed by atoms with Crippen molar-refractivity contribution < 1.29 is 23.1 Å². The van der Waals surface area contributed by atoms with Crippen molar-refractivity contribution in [2.24, 2.45) is 5.92 Å². The number of hydrogen-bond donors (Lipinski definition) is 1. The van der Waals surface area contributed by atoms with E-state index in [0.29, 0.717) is 10.7 Å². The summed E-state index contributed by atoms with van der Waals surface area (Å²) in [4.78, 5) is 26.2. The molecule has 0 bridgehead atoms. The Hall–Kier alpha value is -2.67. The number of para-hydroxylation sites is 2. The van der Waals surface area contributed by atoms with Crippen molar-refractivity contribution >= 4 is 34.8 Å². The van der Waals surface area contributed by atoms with Crippen LogP contribution < -0.4 is 15.0 Å². The van der Waals surface area contributed by atoms with Crippen LogP contribution in [-0.4, -0.2) is 25.0 Å². The smallest absolute Gasteiger partial charge is 0.387 e. The molecule has 0 aromatic heterocycles. The number of halogens is 3. The van der Waals surface area contributed by atoms with E-state index in [2.05, 4.69) is 10.1 Å². The molecule has 1 saturated heterocycles. The molecule has 1 unspecified atom stereocenters. The summed E-state index contributed by atoms with van der Waals surface area (Å²) in [5.41, 5.74) is 0.741. The molecule has 2 aromatic carbocycles. The van der Waals surface area contributed by atoms with Crippen molar-refractivity contribution in [1.82, 2.24) is 0 Å². The number of ether oxygens (including phenoxy) is 1. The van der Waals surface area contributed by atoms with E-state index in [9.17, 15) is 18.4 Å². The first-order valence-electron chi connectivity index (χ1n) is 7.84. The van der Waals surface area contributed by atoms with Crippen LogP contribution in [0.1, 0.15) is 6.42 Å². The maximum atomic E-state index is 12.5. The highest BCUT2D eigenvalue weighted by atomic mass is 35.5. The lowest BCUT2D eigenvalue weighted by molar-refractivity contribution is -0.122. The Bertz CT molecular complexity index is 832. The van der Waals surface area contributed by atoms with Crippen molar-refractivity contribution in [3.05, 3.63) is 53.6 Å². The molecule has 136 valence electrons. The van der Waals surface area contributed by atoms with Crippen LogP contribution in [0.25, 0.3) is 0 Å². The highest BCUT2D eigenvalue weighted by Gasteiger charge is 2.35. The number of anilines is 2. The van der Waals surface area contributed by atoms with Gasteiger partial charge in [0.05, 0.1) is 11.6 Å². The molecule has 2 aromatic rings. The average Bonchev–Trinajstić information content (AvgIpc) is 2.98. The first kappa shape index (κ1) is 18.1. The third-order valence-corrected chi connectivity index (χ3v) is 4.21. The van der Waals surface area contributed by atoms with Gasteiger partial charge in [0, 0.05) is 23.7 Å². The van der Waals surface area contributed by atoms with Gasteiger partial charge in [0.1, 0.15) is 5.75 Å². The Kier molecular flexibility index (Phi) is 5.37. The summed E-state index contributed by atoms with van der Waals surface area (Å²) in [7, 11) is 0. The van der Waals surface area contributed by atoms with E-state index in [1.54, 1.807) is 30.3 Å². The topological polar surface area (TPSA) is 58.6 Å². The third-order valence-electron chi connectivity index (χ3n) is 3.98. The summed E-state index contributed by atoms with van der Waals surface area (Å²) in [5.74, 6) is -1.38. The number of hydrogen-bond acceptors (Lipinski definition) is 3. The van der Waals surface area contributed by atoms with E-state index in [-0.39, 0.29) is 30.3 Å². The molecule has 1 fully saturated rings. The first-order valence-corrected chi connectivity index (χ1v) is 8.22. The lowest BCUT2D eigenvalue weighted by Gasteiger charge is -2.17. The zero-order valence-corrected chi connectivity index (χ0v) is 14.2. The second-order valence-corrected chi connectivity index (χ2v) is 6.19. The van der Waals surface area contributed by atoms with Gasteiger partial charge in [-0.15, -0.1) is 0 Å². The Labute approximate surface area is 153 Å². The molecular formula is C18H15ClF2N2O3. The maximum Gasteiger partial charge on any atom is 0.387 e. The largest absolute Gasteiger partial charge is 0.433 e. The molecule has 0 spiro atoms. The fourth-order valence-corrected chi connectivity index (χ4v) is 2.96. The van der Waals surface area contributed by atoms with Crippen molar-refractivity contribution in [2.75, 3.05) is 16.8 Å². The molecule has 2 amide bonds. The van der Waals surface area contributed by atoms with E-state index in [0.717, 1.165) is 0 Å². The van der Waals surface area contributed by atoms with Gasteiger partial charge in [-0.05, 0) is 30.3 Å². The van der Waals surface area contributed by atoms with Crippen LogP contribution in [0.4, 0.5) is 20.2 Å². The van der Waals surface area contributed by atoms with Crippen LogP contribution in [0.5, 0.6) is 5.75 Å². The van der Waals surface area contributed by atoms with Crippen LogP contribution in [0.15, 0.2) is 48.5 Å². The Balaban J connectivity index is 1.71. The Morgan fingerprint density at radius 3 is 2.73 bits per heavy atom. The van der Waals surface area contributed by atoms with E-state index in [4.69, 9.17) is 11.6 Å². The van der Waals surface area contributed by atoms with Gasteiger partial charge >= 0.3 is 6.61 Å². The molecule has 1 atom stereocenters. The van der Waals surface area contributed by atoms with Crippen LogP contribution in [-0.2, 0) is 9.59 Å². The molecule has 1 aliphatic heterocycles. The Morgan fingerprint density at radius 1 is 1.23 bits per heavy atom. The van der Waals surface area contributed by atoms with Gasteiger partial charge in [-0.1, -0.05) is 29.8 Å². The van der Waals surface area contributed by atoms with Gasteiger partial charge in [0.15, 0.2) is 0 Å². The van der Waals surface area contributed by atoms with Gasteiger partial charge in [-0.3, -0.25) is 9.59 Å². The number of amides is 2. The van der Waals surface area contributed by atoms with E-state index in [1.807, 2.05) is 0 Å². The summed E-state index contributed by atoms with van der Waals surface area (Å²) in [6.45, 7) is -2.82. The molecule has 1 aliphatic rings. The monoisotopic (exact) mass is 380 g/mol. The minimum atomic E-state index is -3.00. The summed E-state index contributed by atoms with van der Waals surface area (Å²) >= 11 is 5.94. The number of nitrogens with zero attached hydrogens (tertiary/aromatic N) is 1. The van der Waals surface area contributed by atoms with E-state index >= 15 is 0 Å². The number of benzene rings is 2. The van der Waals surface area contributed by atoms with Gasteiger partial charge in [-0.2, -0.15) is 8.78 Å². The minimum Gasteiger partial charge on any atom is -0.433 e. The molecule has 1 heterocycles. The molecule has 0 aliphatic carbocycles. The van der Waals surface area contributed by atoms with Crippen molar-refractivity contribution in [1.29, 1.82) is 0 Å². The van der Waals surface area contributed by atoms with Gasteiger partial charge < -0.3 is 15.0 Å². The summed E-state index contributed by atoms with van der Waals surface area (Å²) in [6.07, 6.45) is 0.0240. The van der Waals surface area contributed by atoms with Crippen molar-refractivity contribution in [3.63, 3.8) is 0 Å². The second-order valence-electron chi connectivity index (χ2n) is 5.75. The molecule has 1 N–H and O–H groups in total. The van der Waals surface area contributed by atoms with Crippen LogP contribution in [0, 0.1) is 5.92 Å². The molecule has 0 saturated carbocycles. The number of carbonyl (C=O) groups excluding carboxylic acids is 2. The van der Waals surface area contributed by atoms with E-state index < -0.39 is 18.4 Å². The second kappa shape index (κ2) is 7.70. The zero-order chi connectivity index (χ0) is 18.7. The normalized spacial score (nSPS) is 16.8. The number of rotatable bonds is 5. The average molecular weight is 381 g/mol. The molecule has 3 rings (SSSR count).